The van der Waals surface area contributed by atoms with Gasteiger partial charge < -0.3 is 9.67 Å². The number of carboxylic acid groups (broad SMARTS) is 1. The number of aliphatic carboxylic acids is 1. The quantitative estimate of drug-likeness (QED) is 0.773. The molecule has 1 N–H and O–H groups in total. The zero-order valence-electron chi connectivity index (χ0n) is 10.8. The zero-order valence-corrected chi connectivity index (χ0v) is 11.6. The minimum atomic E-state index is -0.786. The second-order valence-corrected chi connectivity index (χ2v) is 5.75. The fourth-order valence-electron chi connectivity index (χ4n) is 2.25. The van der Waals surface area contributed by atoms with Gasteiger partial charge in [-0.15, -0.1) is 0 Å². The molecule has 0 spiro atoms. The number of aryl methyl sites for hydroxylation is 1. The first-order valence-electron chi connectivity index (χ1n) is 6.59. The van der Waals surface area contributed by atoms with Crippen LogP contribution in [-0.2, 0) is 17.8 Å². The van der Waals surface area contributed by atoms with Crippen LogP contribution in [0, 0.1) is 5.92 Å². The molecule has 0 aromatic carbocycles. The first-order valence-corrected chi connectivity index (χ1v) is 7.58. The largest absolute Gasteiger partial charge is 0.481 e. The van der Waals surface area contributed by atoms with Crippen LogP contribution in [0.1, 0.15) is 38.3 Å². The van der Waals surface area contributed by atoms with E-state index in [9.17, 15) is 4.79 Å². The number of carboxylic acids is 1. The molecule has 4 nitrogen and oxygen atoms in total. The molecule has 0 unspecified atom stereocenters. The maximum atomic E-state index is 10.6. The minimum Gasteiger partial charge on any atom is -0.481 e. The molecule has 0 aliphatic heterocycles. The van der Waals surface area contributed by atoms with Gasteiger partial charge in [-0.05, 0) is 18.8 Å². The number of nitrogens with zero attached hydrogens (tertiary/aromatic N) is 2. The van der Waals surface area contributed by atoms with Crippen molar-refractivity contribution < 1.29 is 9.90 Å². The molecule has 18 heavy (non-hydrogen) atoms. The number of hydrogen-bond acceptors (Lipinski definition) is 3. The summed E-state index contributed by atoms with van der Waals surface area (Å²) < 4.78 is 2.20. The van der Waals surface area contributed by atoms with E-state index in [0.29, 0.717) is 0 Å². The van der Waals surface area contributed by atoms with Crippen LogP contribution < -0.4 is 0 Å². The Hall–Kier alpha value is -0.970. The van der Waals surface area contributed by atoms with Gasteiger partial charge in [-0.1, -0.05) is 37.9 Å². The predicted octanol–water partition coefficient (Wildman–Crippen LogP) is 2.81. The van der Waals surface area contributed by atoms with E-state index in [1.54, 1.807) is 0 Å². The summed E-state index contributed by atoms with van der Waals surface area (Å²) in [6.45, 7) is 3.10. The Labute approximate surface area is 112 Å². The Bertz CT molecular complexity index is 413. The summed E-state index contributed by atoms with van der Waals surface area (Å²) in [4.78, 5) is 15.0. The van der Waals surface area contributed by atoms with Crippen LogP contribution in [0.5, 0.6) is 0 Å². The molecule has 0 radical (unpaired) electrons. The lowest BCUT2D eigenvalue weighted by Gasteiger charge is -2.25. The highest BCUT2D eigenvalue weighted by Crippen LogP contribution is 2.30. The van der Waals surface area contributed by atoms with Gasteiger partial charge >= 0.3 is 5.97 Å². The van der Waals surface area contributed by atoms with Crippen molar-refractivity contribution in [2.45, 2.75) is 50.7 Å². The van der Waals surface area contributed by atoms with Crippen molar-refractivity contribution in [3.63, 3.8) is 0 Å². The van der Waals surface area contributed by atoms with Crippen LogP contribution in [0.15, 0.2) is 11.4 Å². The number of imidazole rings is 1. The van der Waals surface area contributed by atoms with Gasteiger partial charge in [0.1, 0.15) is 0 Å². The third-order valence-electron chi connectivity index (χ3n) is 3.57. The Morgan fingerprint density at radius 1 is 1.61 bits per heavy atom. The number of carbonyl (C=O) groups is 1. The Morgan fingerprint density at radius 2 is 2.39 bits per heavy atom. The lowest BCUT2D eigenvalue weighted by molar-refractivity contribution is -0.133. The van der Waals surface area contributed by atoms with Gasteiger partial charge in [-0.2, -0.15) is 0 Å². The fraction of sp³-hybridized carbons (Fsp3) is 0.692. The molecule has 5 heteroatoms. The van der Waals surface area contributed by atoms with Crippen molar-refractivity contribution in [3.8, 4) is 0 Å². The van der Waals surface area contributed by atoms with Crippen molar-refractivity contribution in [3.05, 3.63) is 11.9 Å². The highest BCUT2D eigenvalue weighted by atomic mass is 32.2. The third kappa shape index (κ3) is 3.28. The molecule has 1 fully saturated rings. The molecular weight excluding hydrogens is 248 g/mol. The van der Waals surface area contributed by atoms with Crippen LogP contribution in [0.2, 0.25) is 0 Å². The summed E-state index contributed by atoms with van der Waals surface area (Å²) >= 11 is 1.32. The standard InChI is InChI=1S/C13H20N2O2S/c1-2-11-8-14-13(18-9-12(16)17)15(11)7-6-10-4-3-5-10/h8,10H,2-7,9H2,1H3,(H,16,17). The first-order chi connectivity index (χ1) is 8.70. The Kier molecular flexibility index (Phi) is 4.69. The second-order valence-electron chi connectivity index (χ2n) is 4.81. The van der Waals surface area contributed by atoms with Crippen LogP contribution in [-0.4, -0.2) is 26.4 Å². The van der Waals surface area contributed by atoms with Crippen molar-refractivity contribution in [1.82, 2.24) is 9.55 Å². The highest BCUT2D eigenvalue weighted by molar-refractivity contribution is 7.99. The summed E-state index contributed by atoms with van der Waals surface area (Å²) in [5, 5.41) is 9.59. The van der Waals surface area contributed by atoms with Crippen LogP contribution in [0.3, 0.4) is 0 Å². The van der Waals surface area contributed by atoms with E-state index in [1.807, 2.05) is 6.20 Å². The Morgan fingerprint density at radius 3 is 2.94 bits per heavy atom. The molecule has 1 aliphatic rings. The predicted molar refractivity (Wildman–Crippen MR) is 71.9 cm³/mol. The van der Waals surface area contributed by atoms with E-state index in [2.05, 4.69) is 16.5 Å². The van der Waals surface area contributed by atoms with Crippen molar-refractivity contribution in [1.29, 1.82) is 0 Å². The van der Waals surface area contributed by atoms with Gasteiger partial charge in [0.25, 0.3) is 0 Å². The minimum absolute atomic E-state index is 0.0869. The van der Waals surface area contributed by atoms with E-state index in [1.165, 1.54) is 43.1 Å². The van der Waals surface area contributed by atoms with Gasteiger partial charge in [0.2, 0.25) is 0 Å². The summed E-state index contributed by atoms with van der Waals surface area (Å²) in [5.74, 6) is 0.171. The Balaban J connectivity index is 1.98. The summed E-state index contributed by atoms with van der Waals surface area (Å²) in [7, 11) is 0. The van der Waals surface area contributed by atoms with Crippen molar-refractivity contribution in [2.75, 3.05) is 5.75 Å². The summed E-state index contributed by atoms with van der Waals surface area (Å²) in [5.41, 5.74) is 1.21. The molecule has 0 bridgehead atoms. The van der Waals surface area contributed by atoms with Crippen LogP contribution in [0.4, 0.5) is 0 Å². The van der Waals surface area contributed by atoms with Crippen LogP contribution in [0.25, 0.3) is 0 Å². The van der Waals surface area contributed by atoms with Gasteiger partial charge in [0.05, 0.1) is 5.75 Å². The van der Waals surface area contributed by atoms with Crippen molar-refractivity contribution in [2.24, 2.45) is 5.92 Å². The fourth-order valence-corrected chi connectivity index (χ4v) is 2.99. The van der Waals surface area contributed by atoms with Gasteiger partial charge in [-0.25, -0.2) is 4.98 Å². The van der Waals surface area contributed by atoms with Gasteiger partial charge in [0, 0.05) is 18.4 Å². The van der Waals surface area contributed by atoms with E-state index in [4.69, 9.17) is 5.11 Å². The average Bonchev–Trinajstić information content (AvgIpc) is 2.67. The molecule has 1 aromatic heterocycles. The molecule has 0 amide bonds. The average molecular weight is 268 g/mol. The molecule has 100 valence electrons. The maximum absolute atomic E-state index is 10.6. The van der Waals surface area contributed by atoms with Crippen LogP contribution >= 0.6 is 11.8 Å². The van der Waals surface area contributed by atoms with Crippen molar-refractivity contribution >= 4 is 17.7 Å². The second kappa shape index (κ2) is 6.27. The van der Waals surface area contributed by atoms with E-state index in [0.717, 1.165) is 24.0 Å². The topological polar surface area (TPSA) is 55.1 Å². The normalized spacial score (nSPS) is 15.6. The monoisotopic (exact) mass is 268 g/mol. The SMILES string of the molecule is CCc1cnc(SCC(=O)O)n1CCC1CCC1. The van der Waals surface area contributed by atoms with Gasteiger partial charge in [-0.3, -0.25) is 4.79 Å². The molecule has 1 heterocycles. The molecule has 0 saturated heterocycles. The molecule has 1 aromatic rings. The molecule has 0 atom stereocenters. The van der Waals surface area contributed by atoms with Gasteiger partial charge in [0.15, 0.2) is 5.16 Å². The van der Waals surface area contributed by atoms with E-state index >= 15 is 0 Å². The molecule has 1 saturated carbocycles. The lowest BCUT2D eigenvalue weighted by atomic mass is 9.83. The zero-order chi connectivity index (χ0) is 13.0. The number of rotatable bonds is 7. The first kappa shape index (κ1) is 13.5. The summed E-state index contributed by atoms with van der Waals surface area (Å²) in [6.07, 6.45) is 8.11. The van der Waals surface area contributed by atoms with E-state index in [-0.39, 0.29) is 5.75 Å². The molecular formula is C13H20N2O2S. The number of aromatic nitrogens is 2. The molecule has 2 rings (SSSR count). The summed E-state index contributed by atoms with van der Waals surface area (Å²) in [6, 6.07) is 0. The maximum Gasteiger partial charge on any atom is 0.313 e. The smallest absolute Gasteiger partial charge is 0.313 e. The number of thioether (sulfide) groups is 1. The lowest BCUT2D eigenvalue weighted by Crippen LogP contribution is -2.15. The number of hydrogen-bond donors (Lipinski definition) is 1. The highest BCUT2D eigenvalue weighted by Gasteiger charge is 2.18. The third-order valence-corrected chi connectivity index (χ3v) is 4.55. The molecule has 1 aliphatic carbocycles. The van der Waals surface area contributed by atoms with E-state index < -0.39 is 5.97 Å².